The van der Waals surface area contributed by atoms with Crippen molar-refractivity contribution in [3.05, 3.63) is 11.6 Å². The molecule has 1 saturated heterocycles. The van der Waals surface area contributed by atoms with E-state index in [0.717, 1.165) is 12.8 Å². The molecule has 0 N–H and O–H groups in total. The highest BCUT2D eigenvalue weighted by atomic mass is 16.5. The molecule has 5 nitrogen and oxygen atoms in total. The van der Waals surface area contributed by atoms with E-state index in [2.05, 4.69) is 33.8 Å². The van der Waals surface area contributed by atoms with Gasteiger partial charge < -0.3 is 14.4 Å². The van der Waals surface area contributed by atoms with Gasteiger partial charge in [-0.25, -0.2) is 0 Å². The molecule has 0 bridgehead atoms. The fraction of sp³-hybridized carbons (Fsp3) is 0.789. The van der Waals surface area contributed by atoms with Crippen LogP contribution in [0.3, 0.4) is 0 Å². The standard InChI is InChI=1S/C19H31NO4/c1-13(2)12-15-17(19(15,3)4)18(22)20(9-6-16(21)23-5)14-7-10-24-11-8-14/h12,14-15,17H,6-11H2,1-5H3/t15-,17+/m1/s1. The molecule has 0 radical (unpaired) electrons. The molecule has 136 valence electrons. The number of hydrogen-bond acceptors (Lipinski definition) is 4. The van der Waals surface area contributed by atoms with Gasteiger partial charge in [-0.1, -0.05) is 25.5 Å². The van der Waals surface area contributed by atoms with E-state index in [9.17, 15) is 9.59 Å². The van der Waals surface area contributed by atoms with Crippen LogP contribution in [0.4, 0.5) is 0 Å². The van der Waals surface area contributed by atoms with Gasteiger partial charge in [0.25, 0.3) is 0 Å². The molecule has 5 heteroatoms. The van der Waals surface area contributed by atoms with E-state index >= 15 is 0 Å². The fourth-order valence-electron chi connectivity index (χ4n) is 3.78. The van der Waals surface area contributed by atoms with E-state index < -0.39 is 0 Å². The van der Waals surface area contributed by atoms with Crippen LogP contribution in [0.25, 0.3) is 0 Å². The van der Waals surface area contributed by atoms with E-state index in [0.29, 0.717) is 19.8 Å². The number of rotatable bonds is 6. The summed E-state index contributed by atoms with van der Waals surface area (Å²) in [6, 6.07) is 0.166. The molecule has 2 fully saturated rings. The minimum Gasteiger partial charge on any atom is -0.469 e. The molecule has 1 amide bonds. The Morgan fingerprint density at radius 2 is 1.88 bits per heavy atom. The third-order valence-electron chi connectivity index (χ3n) is 5.39. The van der Waals surface area contributed by atoms with Gasteiger partial charge in [-0.15, -0.1) is 0 Å². The summed E-state index contributed by atoms with van der Waals surface area (Å²) in [4.78, 5) is 26.7. The number of nitrogens with zero attached hydrogens (tertiary/aromatic N) is 1. The predicted octanol–water partition coefficient (Wildman–Crippen LogP) is 2.80. The molecule has 1 heterocycles. The van der Waals surface area contributed by atoms with Crippen molar-refractivity contribution in [2.45, 2.75) is 53.0 Å². The third-order valence-corrected chi connectivity index (χ3v) is 5.39. The Morgan fingerprint density at radius 1 is 1.25 bits per heavy atom. The summed E-state index contributed by atoms with van der Waals surface area (Å²) in [6.45, 7) is 10.2. The Bertz CT molecular complexity index is 501. The Morgan fingerprint density at radius 3 is 2.42 bits per heavy atom. The first-order valence-electron chi connectivity index (χ1n) is 8.89. The number of ether oxygens (including phenoxy) is 2. The van der Waals surface area contributed by atoms with Gasteiger partial charge >= 0.3 is 5.97 Å². The monoisotopic (exact) mass is 337 g/mol. The smallest absolute Gasteiger partial charge is 0.307 e. The minimum absolute atomic E-state index is 0.00731. The van der Waals surface area contributed by atoms with Crippen LogP contribution in [0.15, 0.2) is 11.6 Å². The maximum Gasteiger partial charge on any atom is 0.307 e. The number of carbonyl (C=O) groups is 2. The minimum atomic E-state index is -0.268. The van der Waals surface area contributed by atoms with E-state index in [1.54, 1.807) is 0 Å². The maximum atomic E-state index is 13.2. The summed E-state index contributed by atoms with van der Waals surface area (Å²) in [7, 11) is 1.39. The van der Waals surface area contributed by atoms with Gasteiger partial charge in [0, 0.05) is 25.8 Å². The van der Waals surface area contributed by atoms with Crippen LogP contribution in [-0.2, 0) is 19.1 Å². The molecule has 0 spiro atoms. The summed E-state index contributed by atoms with van der Waals surface area (Å²) >= 11 is 0. The number of allylic oxidation sites excluding steroid dienone is 2. The van der Waals surface area contributed by atoms with Gasteiger partial charge in [-0.3, -0.25) is 9.59 Å². The molecule has 0 aromatic carbocycles. The van der Waals surface area contributed by atoms with Gasteiger partial charge in [0.1, 0.15) is 0 Å². The highest BCUT2D eigenvalue weighted by Gasteiger charge is 2.61. The molecule has 2 atom stereocenters. The van der Waals surface area contributed by atoms with Crippen molar-refractivity contribution < 1.29 is 19.1 Å². The Hall–Kier alpha value is -1.36. The zero-order chi connectivity index (χ0) is 17.9. The SMILES string of the molecule is COC(=O)CCN(C(=O)[C@@H]1[C@@H](C=C(C)C)C1(C)C)C1CCOCC1. The lowest BCUT2D eigenvalue weighted by molar-refractivity contribution is -0.143. The summed E-state index contributed by atoms with van der Waals surface area (Å²) < 4.78 is 10.2. The largest absolute Gasteiger partial charge is 0.469 e. The highest BCUT2D eigenvalue weighted by molar-refractivity contribution is 5.84. The quantitative estimate of drug-likeness (QED) is 0.552. The maximum absolute atomic E-state index is 13.2. The van der Waals surface area contributed by atoms with E-state index in [1.165, 1.54) is 12.7 Å². The number of amides is 1. The van der Waals surface area contributed by atoms with Crippen molar-refractivity contribution >= 4 is 11.9 Å². The molecule has 1 aliphatic heterocycles. The van der Waals surface area contributed by atoms with Crippen LogP contribution in [-0.4, -0.2) is 49.7 Å². The van der Waals surface area contributed by atoms with Crippen molar-refractivity contribution in [3.63, 3.8) is 0 Å². The molecule has 0 aromatic rings. The number of hydrogen-bond donors (Lipinski definition) is 0. The molecule has 24 heavy (non-hydrogen) atoms. The Balaban J connectivity index is 2.12. The summed E-state index contributed by atoms with van der Waals surface area (Å²) in [5.74, 6) is 0.206. The molecule has 2 rings (SSSR count). The predicted molar refractivity (Wildman–Crippen MR) is 92.4 cm³/mol. The first kappa shape index (κ1) is 19.0. The summed E-state index contributed by atoms with van der Waals surface area (Å²) in [6.07, 6.45) is 4.14. The third kappa shape index (κ3) is 4.18. The van der Waals surface area contributed by atoms with Gasteiger partial charge in [-0.05, 0) is 38.0 Å². The van der Waals surface area contributed by atoms with E-state index in [4.69, 9.17) is 9.47 Å². The second-order valence-electron chi connectivity index (χ2n) is 7.77. The van der Waals surface area contributed by atoms with Gasteiger partial charge in [0.05, 0.1) is 19.4 Å². The number of esters is 1. The zero-order valence-electron chi connectivity index (χ0n) is 15.6. The molecule has 2 aliphatic rings. The molecular formula is C19H31NO4. The van der Waals surface area contributed by atoms with Gasteiger partial charge in [-0.2, -0.15) is 0 Å². The van der Waals surface area contributed by atoms with Crippen molar-refractivity contribution in [1.29, 1.82) is 0 Å². The second-order valence-corrected chi connectivity index (χ2v) is 7.77. The lowest BCUT2D eigenvalue weighted by Gasteiger charge is -2.34. The topological polar surface area (TPSA) is 55.8 Å². The lowest BCUT2D eigenvalue weighted by Crippen LogP contribution is -2.45. The molecule has 1 saturated carbocycles. The summed E-state index contributed by atoms with van der Waals surface area (Å²) in [5.41, 5.74) is 1.24. The molecule has 0 unspecified atom stereocenters. The van der Waals surface area contributed by atoms with Crippen LogP contribution in [0.5, 0.6) is 0 Å². The first-order valence-corrected chi connectivity index (χ1v) is 8.89. The van der Waals surface area contributed by atoms with Crippen LogP contribution in [0, 0.1) is 17.3 Å². The van der Waals surface area contributed by atoms with Crippen molar-refractivity contribution in [2.24, 2.45) is 17.3 Å². The Kier molecular flexibility index (Phi) is 6.07. The zero-order valence-corrected chi connectivity index (χ0v) is 15.6. The average molecular weight is 337 g/mol. The van der Waals surface area contributed by atoms with E-state index in [1.807, 2.05) is 4.90 Å². The van der Waals surface area contributed by atoms with Crippen LogP contribution in [0.2, 0.25) is 0 Å². The average Bonchev–Trinajstić information content (AvgIpc) is 3.07. The Labute approximate surface area is 145 Å². The fourth-order valence-corrected chi connectivity index (χ4v) is 3.78. The molecular weight excluding hydrogens is 306 g/mol. The number of carbonyl (C=O) groups excluding carboxylic acids is 2. The van der Waals surface area contributed by atoms with Crippen LogP contribution >= 0.6 is 0 Å². The van der Waals surface area contributed by atoms with Gasteiger partial charge in [0.2, 0.25) is 5.91 Å². The van der Waals surface area contributed by atoms with Crippen molar-refractivity contribution in [1.82, 2.24) is 4.90 Å². The van der Waals surface area contributed by atoms with Gasteiger partial charge in [0.15, 0.2) is 0 Å². The van der Waals surface area contributed by atoms with Crippen molar-refractivity contribution in [2.75, 3.05) is 26.9 Å². The van der Waals surface area contributed by atoms with Crippen LogP contribution < -0.4 is 0 Å². The molecule has 0 aromatic heterocycles. The van der Waals surface area contributed by atoms with Crippen LogP contribution in [0.1, 0.15) is 47.0 Å². The molecule has 1 aliphatic carbocycles. The normalized spacial score (nSPS) is 25.7. The lowest BCUT2D eigenvalue weighted by atomic mass is 10.0. The number of methoxy groups -OCH3 is 1. The van der Waals surface area contributed by atoms with E-state index in [-0.39, 0.29) is 41.6 Å². The highest BCUT2D eigenvalue weighted by Crippen LogP contribution is 2.60. The van der Waals surface area contributed by atoms with Crippen molar-refractivity contribution in [3.8, 4) is 0 Å². The first-order chi connectivity index (χ1) is 11.3. The second kappa shape index (κ2) is 7.68. The summed E-state index contributed by atoms with van der Waals surface area (Å²) in [5, 5.41) is 0.